The number of nitrogens with one attached hydrogen (secondary N) is 2. The maximum absolute atomic E-state index is 12.3. The minimum absolute atomic E-state index is 0.133. The van der Waals surface area contributed by atoms with Gasteiger partial charge in [-0.15, -0.1) is 0 Å². The van der Waals surface area contributed by atoms with Gasteiger partial charge in [-0.3, -0.25) is 0 Å². The summed E-state index contributed by atoms with van der Waals surface area (Å²) in [6.45, 7) is 2.15. The van der Waals surface area contributed by atoms with Gasteiger partial charge in [0.15, 0.2) is 0 Å². The van der Waals surface area contributed by atoms with Crippen molar-refractivity contribution in [3.63, 3.8) is 0 Å². The third kappa shape index (κ3) is 3.96. The Hall–Kier alpha value is -1.11. The van der Waals surface area contributed by atoms with Gasteiger partial charge in [0, 0.05) is 13.7 Å². The molecule has 1 fully saturated rings. The molecule has 0 bridgehead atoms. The van der Waals surface area contributed by atoms with Crippen molar-refractivity contribution in [3.8, 4) is 0 Å². The number of anilines is 1. The lowest BCUT2D eigenvalue weighted by atomic mass is 9.92. The van der Waals surface area contributed by atoms with E-state index in [1.807, 2.05) is 12.1 Å². The fourth-order valence-corrected chi connectivity index (χ4v) is 4.04. The quantitative estimate of drug-likeness (QED) is 0.846. The highest BCUT2D eigenvalue weighted by molar-refractivity contribution is 7.89. The van der Waals surface area contributed by atoms with Crippen LogP contribution in [0.3, 0.4) is 0 Å². The summed E-state index contributed by atoms with van der Waals surface area (Å²) in [5, 5.41) is 3.37. The molecular weight excluding hydrogens is 288 g/mol. The number of para-hydroxylation sites is 1. The molecule has 2 unspecified atom stereocenters. The van der Waals surface area contributed by atoms with Crippen molar-refractivity contribution >= 4 is 15.7 Å². The van der Waals surface area contributed by atoms with E-state index >= 15 is 0 Å². The Kier molecular flexibility index (Phi) is 5.61. The van der Waals surface area contributed by atoms with E-state index in [0.717, 1.165) is 25.7 Å². The number of rotatable bonds is 6. The number of benzene rings is 1. The summed E-state index contributed by atoms with van der Waals surface area (Å²) in [6.07, 6.45) is 4.44. The van der Waals surface area contributed by atoms with Gasteiger partial charge in [0.1, 0.15) is 4.90 Å². The lowest BCUT2D eigenvalue weighted by Gasteiger charge is -2.32. The molecule has 0 radical (unpaired) electrons. The first-order valence-electron chi connectivity index (χ1n) is 7.46. The van der Waals surface area contributed by atoms with Crippen molar-refractivity contribution in [1.29, 1.82) is 0 Å². The van der Waals surface area contributed by atoms with E-state index in [0.29, 0.717) is 17.1 Å². The normalized spacial score (nSPS) is 23.0. The Morgan fingerprint density at radius 2 is 1.95 bits per heavy atom. The lowest BCUT2D eigenvalue weighted by molar-refractivity contribution is 0.0605. The van der Waals surface area contributed by atoms with E-state index in [1.165, 1.54) is 0 Å². The average Bonchev–Trinajstić information content (AvgIpc) is 2.48. The van der Waals surface area contributed by atoms with E-state index in [2.05, 4.69) is 10.0 Å². The highest BCUT2D eigenvalue weighted by atomic mass is 32.2. The van der Waals surface area contributed by atoms with Gasteiger partial charge in [0.25, 0.3) is 0 Å². The number of hydrogen-bond acceptors (Lipinski definition) is 4. The van der Waals surface area contributed by atoms with Crippen molar-refractivity contribution in [2.45, 2.75) is 49.6 Å². The van der Waals surface area contributed by atoms with Crippen LogP contribution in [-0.2, 0) is 14.8 Å². The first-order valence-corrected chi connectivity index (χ1v) is 8.95. The Morgan fingerprint density at radius 1 is 1.24 bits per heavy atom. The van der Waals surface area contributed by atoms with Gasteiger partial charge in [-0.2, -0.15) is 0 Å². The fourth-order valence-electron chi connectivity index (χ4n) is 2.83. The Bertz CT molecular complexity index is 560. The molecule has 6 heteroatoms. The molecule has 0 amide bonds. The van der Waals surface area contributed by atoms with Gasteiger partial charge in [-0.05, 0) is 25.0 Å². The van der Waals surface area contributed by atoms with Crippen LogP contribution in [0.15, 0.2) is 29.2 Å². The molecule has 1 saturated carbocycles. The maximum Gasteiger partial charge on any atom is 0.242 e. The molecule has 2 N–H and O–H groups in total. The highest BCUT2D eigenvalue weighted by Crippen LogP contribution is 2.27. The van der Waals surface area contributed by atoms with E-state index in [1.54, 1.807) is 26.2 Å². The van der Waals surface area contributed by atoms with Crippen LogP contribution < -0.4 is 10.0 Å². The standard InChI is InChI=1S/C15H24N2O3S/c1-3-16-21(18,19)15-11-7-5-9-13(15)17-12-8-4-6-10-14(12)20-2/h5,7,9,11-12,14,16-17H,3-4,6,8,10H2,1-2H3. The molecular formula is C15H24N2O3S. The molecule has 0 heterocycles. The number of ether oxygens (including phenoxy) is 1. The number of sulfonamides is 1. The van der Waals surface area contributed by atoms with Crippen LogP contribution in [0.2, 0.25) is 0 Å². The Balaban J connectivity index is 2.24. The smallest absolute Gasteiger partial charge is 0.242 e. The Labute approximate surface area is 127 Å². The van der Waals surface area contributed by atoms with Crippen molar-refractivity contribution in [3.05, 3.63) is 24.3 Å². The Morgan fingerprint density at radius 3 is 2.67 bits per heavy atom. The summed E-state index contributed by atoms with van der Waals surface area (Å²) in [7, 11) is -1.76. The van der Waals surface area contributed by atoms with Gasteiger partial charge in [-0.25, -0.2) is 13.1 Å². The SMILES string of the molecule is CCNS(=O)(=O)c1ccccc1NC1CCCCC1OC. The van der Waals surface area contributed by atoms with Crippen LogP contribution in [0, 0.1) is 0 Å². The molecule has 118 valence electrons. The molecule has 1 aromatic carbocycles. The summed E-state index contributed by atoms with van der Waals surface area (Å²) >= 11 is 0. The average molecular weight is 312 g/mol. The summed E-state index contributed by atoms with van der Waals surface area (Å²) in [6, 6.07) is 7.18. The second-order valence-electron chi connectivity index (χ2n) is 5.31. The molecule has 1 aromatic rings. The summed E-state index contributed by atoms with van der Waals surface area (Å²) < 4.78 is 32.6. The van der Waals surface area contributed by atoms with E-state index in [4.69, 9.17) is 4.74 Å². The van der Waals surface area contributed by atoms with Crippen LogP contribution >= 0.6 is 0 Å². The topological polar surface area (TPSA) is 67.4 Å². The van der Waals surface area contributed by atoms with Crippen LogP contribution in [0.1, 0.15) is 32.6 Å². The lowest BCUT2D eigenvalue weighted by Crippen LogP contribution is -2.38. The maximum atomic E-state index is 12.3. The second-order valence-corrected chi connectivity index (χ2v) is 7.04. The predicted octanol–water partition coefficient (Wildman–Crippen LogP) is 2.35. The zero-order valence-electron chi connectivity index (χ0n) is 12.6. The van der Waals surface area contributed by atoms with Crippen LogP contribution in [-0.4, -0.2) is 34.2 Å². The number of methoxy groups -OCH3 is 1. The van der Waals surface area contributed by atoms with E-state index in [9.17, 15) is 8.42 Å². The minimum Gasteiger partial charge on any atom is -0.379 e. The molecule has 2 rings (SSSR count). The molecule has 2 atom stereocenters. The zero-order chi connectivity index (χ0) is 15.3. The molecule has 21 heavy (non-hydrogen) atoms. The van der Waals surface area contributed by atoms with Crippen molar-refractivity contribution in [2.75, 3.05) is 19.0 Å². The zero-order valence-corrected chi connectivity index (χ0v) is 13.4. The third-order valence-electron chi connectivity index (χ3n) is 3.86. The molecule has 0 saturated heterocycles. The summed E-state index contributed by atoms with van der Waals surface area (Å²) in [5.41, 5.74) is 0.646. The highest BCUT2D eigenvalue weighted by Gasteiger charge is 2.26. The minimum atomic E-state index is -3.47. The van der Waals surface area contributed by atoms with Gasteiger partial charge in [0.05, 0.1) is 17.8 Å². The molecule has 0 aliphatic heterocycles. The molecule has 1 aliphatic rings. The molecule has 1 aliphatic carbocycles. The van der Waals surface area contributed by atoms with Gasteiger partial charge < -0.3 is 10.1 Å². The van der Waals surface area contributed by atoms with Crippen LogP contribution in [0.25, 0.3) is 0 Å². The van der Waals surface area contributed by atoms with Crippen LogP contribution in [0.5, 0.6) is 0 Å². The van der Waals surface area contributed by atoms with Gasteiger partial charge in [0.2, 0.25) is 10.0 Å². The summed E-state index contributed by atoms with van der Waals surface area (Å²) in [5.74, 6) is 0. The van der Waals surface area contributed by atoms with Gasteiger partial charge >= 0.3 is 0 Å². The van der Waals surface area contributed by atoms with Crippen molar-refractivity contribution in [2.24, 2.45) is 0 Å². The third-order valence-corrected chi connectivity index (χ3v) is 5.46. The van der Waals surface area contributed by atoms with Crippen molar-refractivity contribution < 1.29 is 13.2 Å². The monoisotopic (exact) mass is 312 g/mol. The van der Waals surface area contributed by atoms with Gasteiger partial charge in [-0.1, -0.05) is 31.9 Å². The van der Waals surface area contributed by atoms with E-state index in [-0.39, 0.29) is 12.1 Å². The largest absolute Gasteiger partial charge is 0.379 e. The molecule has 0 spiro atoms. The predicted molar refractivity (Wildman–Crippen MR) is 84.0 cm³/mol. The summed E-state index contributed by atoms with van der Waals surface area (Å²) in [4.78, 5) is 0.298. The van der Waals surface area contributed by atoms with Crippen molar-refractivity contribution in [1.82, 2.24) is 4.72 Å². The first-order chi connectivity index (χ1) is 10.1. The number of hydrogen-bond donors (Lipinski definition) is 2. The fraction of sp³-hybridized carbons (Fsp3) is 0.600. The molecule has 5 nitrogen and oxygen atoms in total. The first kappa shape index (κ1) is 16.3. The van der Waals surface area contributed by atoms with Crippen LogP contribution in [0.4, 0.5) is 5.69 Å². The van der Waals surface area contributed by atoms with E-state index < -0.39 is 10.0 Å². The molecule has 0 aromatic heterocycles. The second kappa shape index (κ2) is 7.24.